The molecule has 0 spiro atoms. The molecule has 0 aliphatic heterocycles. The Morgan fingerprint density at radius 1 is 1.08 bits per heavy atom. The molecule has 5 heteroatoms. The van der Waals surface area contributed by atoms with Crippen molar-refractivity contribution in [3.63, 3.8) is 0 Å². The Morgan fingerprint density at radius 3 is 2.69 bits per heavy atom. The highest BCUT2D eigenvalue weighted by molar-refractivity contribution is 5.92. The van der Waals surface area contributed by atoms with Gasteiger partial charge in [-0.25, -0.2) is 4.79 Å². The molecule has 0 fully saturated rings. The van der Waals surface area contributed by atoms with Crippen molar-refractivity contribution in [2.24, 2.45) is 0 Å². The Bertz CT molecular complexity index is 991. The Morgan fingerprint density at radius 2 is 1.92 bits per heavy atom. The SMILES string of the molecule is CCc1cccc(NC(=O)COc2ccc3c(CC)cc(=O)oc3c2)c1. The van der Waals surface area contributed by atoms with Crippen LogP contribution in [0.1, 0.15) is 25.0 Å². The molecular weight excluding hydrogens is 330 g/mol. The Labute approximate surface area is 151 Å². The predicted molar refractivity (Wildman–Crippen MR) is 102 cm³/mol. The average Bonchev–Trinajstić information content (AvgIpc) is 2.65. The van der Waals surface area contributed by atoms with Gasteiger partial charge in [-0.1, -0.05) is 26.0 Å². The van der Waals surface area contributed by atoms with E-state index in [0.29, 0.717) is 11.3 Å². The molecule has 2 aromatic carbocycles. The molecule has 26 heavy (non-hydrogen) atoms. The van der Waals surface area contributed by atoms with Crippen molar-refractivity contribution < 1.29 is 13.9 Å². The van der Waals surface area contributed by atoms with E-state index in [4.69, 9.17) is 9.15 Å². The largest absolute Gasteiger partial charge is 0.484 e. The summed E-state index contributed by atoms with van der Waals surface area (Å²) in [6, 6.07) is 14.5. The third kappa shape index (κ3) is 4.11. The van der Waals surface area contributed by atoms with Gasteiger partial charge >= 0.3 is 5.63 Å². The minimum atomic E-state index is -0.389. The first-order valence-corrected chi connectivity index (χ1v) is 8.67. The van der Waals surface area contributed by atoms with Crippen LogP contribution in [0.25, 0.3) is 11.0 Å². The van der Waals surface area contributed by atoms with E-state index in [2.05, 4.69) is 12.2 Å². The summed E-state index contributed by atoms with van der Waals surface area (Å²) in [4.78, 5) is 23.7. The van der Waals surface area contributed by atoms with Crippen molar-refractivity contribution >= 4 is 22.6 Å². The van der Waals surface area contributed by atoms with E-state index in [1.807, 2.05) is 37.3 Å². The van der Waals surface area contributed by atoms with Gasteiger partial charge in [0.2, 0.25) is 0 Å². The lowest BCUT2D eigenvalue weighted by Gasteiger charge is -2.09. The molecule has 5 nitrogen and oxygen atoms in total. The number of ether oxygens (including phenoxy) is 1. The highest BCUT2D eigenvalue weighted by Crippen LogP contribution is 2.23. The first kappa shape index (κ1) is 17.7. The number of nitrogens with one attached hydrogen (secondary N) is 1. The summed E-state index contributed by atoms with van der Waals surface area (Å²) < 4.78 is 10.8. The number of rotatable bonds is 6. The molecule has 1 N–H and O–H groups in total. The third-order valence-corrected chi connectivity index (χ3v) is 4.17. The summed E-state index contributed by atoms with van der Waals surface area (Å²) in [5.41, 5.74) is 2.90. The Kier molecular flexibility index (Phi) is 5.37. The number of aryl methyl sites for hydroxylation is 2. The molecule has 3 rings (SSSR count). The number of hydrogen-bond acceptors (Lipinski definition) is 4. The molecule has 0 bridgehead atoms. The number of fused-ring (bicyclic) bond motifs is 1. The first-order chi connectivity index (χ1) is 12.6. The molecule has 1 aromatic heterocycles. The number of carbonyl (C=O) groups excluding carboxylic acids is 1. The van der Waals surface area contributed by atoms with Crippen LogP contribution < -0.4 is 15.7 Å². The van der Waals surface area contributed by atoms with Crippen LogP contribution in [0.3, 0.4) is 0 Å². The van der Waals surface area contributed by atoms with Crippen LogP contribution in [-0.4, -0.2) is 12.5 Å². The Hall–Kier alpha value is -3.08. The van der Waals surface area contributed by atoms with Crippen LogP contribution in [-0.2, 0) is 17.6 Å². The van der Waals surface area contributed by atoms with Crippen LogP contribution in [0.4, 0.5) is 5.69 Å². The van der Waals surface area contributed by atoms with Crippen LogP contribution in [0.2, 0.25) is 0 Å². The van der Waals surface area contributed by atoms with E-state index in [9.17, 15) is 9.59 Å². The van der Waals surface area contributed by atoms with Gasteiger partial charge in [0.05, 0.1) is 0 Å². The number of anilines is 1. The highest BCUT2D eigenvalue weighted by Gasteiger charge is 2.08. The highest BCUT2D eigenvalue weighted by atomic mass is 16.5. The van der Waals surface area contributed by atoms with Crippen molar-refractivity contribution in [1.29, 1.82) is 0 Å². The number of benzene rings is 2. The topological polar surface area (TPSA) is 68.5 Å². The maximum atomic E-state index is 12.1. The number of hydrogen-bond donors (Lipinski definition) is 1. The number of amides is 1. The van der Waals surface area contributed by atoms with E-state index >= 15 is 0 Å². The predicted octanol–water partition coefficient (Wildman–Crippen LogP) is 3.94. The van der Waals surface area contributed by atoms with Crippen molar-refractivity contribution in [3.8, 4) is 5.75 Å². The summed E-state index contributed by atoms with van der Waals surface area (Å²) >= 11 is 0. The van der Waals surface area contributed by atoms with Gasteiger partial charge < -0.3 is 14.5 Å². The smallest absolute Gasteiger partial charge is 0.336 e. The van der Waals surface area contributed by atoms with Gasteiger partial charge in [0.15, 0.2) is 6.61 Å². The molecule has 0 saturated heterocycles. The van der Waals surface area contributed by atoms with E-state index in [1.165, 1.54) is 6.07 Å². The standard InChI is InChI=1S/C21H21NO4/c1-3-14-6-5-7-16(10-14)22-20(23)13-25-17-8-9-18-15(4-2)11-21(24)26-19(18)12-17/h5-12H,3-4,13H2,1-2H3,(H,22,23). The van der Waals surface area contributed by atoms with Gasteiger partial charge in [-0.15, -0.1) is 0 Å². The summed E-state index contributed by atoms with van der Waals surface area (Å²) in [7, 11) is 0. The van der Waals surface area contributed by atoms with Crippen molar-refractivity contribution in [2.45, 2.75) is 26.7 Å². The molecule has 134 valence electrons. The monoisotopic (exact) mass is 351 g/mol. The van der Waals surface area contributed by atoms with Crippen molar-refractivity contribution in [1.82, 2.24) is 0 Å². The van der Waals surface area contributed by atoms with E-state index < -0.39 is 0 Å². The molecule has 0 atom stereocenters. The second-order valence-electron chi connectivity index (χ2n) is 5.99. The molecule has 0 aliphatic rings. The van der Waals surface area contributed by atoms with Crippen LogP contribution >= 0.6 is 0 Å². The third-order valence-electron chi connectivity index (χ3n) is 4.17. The normalized spacial score (nSPS) is 10.7. The fourth-order valence-corrected chi connectivity index (χ4v) is 2.81. The Balaban J connectivity index is 1.69. The molecule has 0 unspecified atom stereocenters. The molecule has 3 aromatic rings. The lowest BCUT2D eigenvalue weighted by Crippen LogP contribution is -2.20. The molecular formula is C21H21NO4. The van der Waals surface area contributed by atoms with Gasteiger partial charge in [0.25, 0.3) is 5.91 Å². The van der Waals surface area contributed by atoms with Gasteiger partial charge in [0, 0.05) is 23.2 Å². The summed E-state index contributed by atoms with van der Waals surface area (Å²) in [5, 5.41) is 3.69. The minimum absolute atomic E-state index is 0.125. The maximum absolute atomic E-state index is 12.1. The second kappa shape index (κ2) is 7.87. The van der Waals surface area contributed by atoms with Crippen molar-refractivity contribution in [2.75, 3.05) is 11.9 Å². The van der Waals surface area contributed by atoms with Crippen LogP contribution in [0.15, 0.2) is 57.7 Å². The first-order valence-electron chi connectivity index (χ1n) is 8.67. The van der Waals surface area contributed by atoms with Crippen molar-refractivity contribution in [3.05, 3.63) is 70.1 Å². The lowest BCUT2D eigenvalue weighted by atomic mass is 10.1. The zero-order valence-electron chi connectivity index (χ0n) is 14.9. The van der Waals surface area contributed by atoms with E-state index in [0.717, 1.165) is 35.0 Å². The molecule has 0 aliphatic carbocycles. The molecule has 0 radical (unpaired) electrons. The van der Waals surface area contributed by atoms with Gasteiger partial charge in [-0.3, -0.25) is 4.79 Å². The zero-order valence-corrected chi connectivity index (χ0v) is 14.9. The fraction of sp³-hybridized carbons (Fsp3) is 0.238. The summed E-state index contributed by atoms with van der Waals surface area (Å²) in [5.74, 6) is 0.230. The molecule has 1 heterocycles. The molecule has 0 saturated carbocycles. The lowest BCUT2D eigenvalue weighted by molar-refractivity contribution is -0.118. The average molecular weight is 351 g/mol. The van der Waals surface area contributed by atoms with Gasteiger partial charge in [-0.05, 0) is 48.2 Å². The second-order valence-corrected chi connectivity index (χ2v) is 5.99. The van der Waals surface area contributed by atoms with E-state index in [-0.39, 0.29) is 18.1 Å². The van der Waals surface area contributed by atoms with Gasteiger partial charge in [0.1, 0.15) is 11.3 Å². The fourth-order valence-electron chi connectivity index (χ4n) is 2.81. The van der Waals surface area contributed by atoms with Crippen LogP contribution in [0, 0.1) is 0 Å². The van der Waals surface area contributed by atoms with Gasteiger partial charge in [-0.2, -0.15) is 0 Å². The maximum Gasteiger partial charge on any atom is 0.336 e. The quantitative estimate of drug-likeness (QED) is 0.683. The summed E-state index contributed by atoms with van der Waals surface area (Å²) in [6.45, 7) is 3.92. The zero-order chi connectivity index (χ0) is 18.5. The summed E-state index contributed by atoms with van der Waals surface area (Å²) in [6.07, 6.45) is 1.64. The van der Waals surface area contributed by atoms with E-state index in [1.54, 1.807) is 12.1 Å². The number of carbonyl (C=O) groups is 1. The minimum Gasteiger partial charge on any atom is -0.484 e. The van der Waals surface area contributed by atoms with Crippen LogP contribution in [0.5, 0.6) is 5.75 Å². The molecule has 1 amide bonds.